The molecule has 0 fully saturated rings. The molecule has 6 rings (SSSR count). The summed E-state index contributed by atoms with van der Waals surface area (Å²) in [5.41, 5.74) is -0.122. The van der Waals surface area contributed by atoms with E-state index in [2.05, 4.69) is 19.9 Å². The van der Waals surface area contributed by atoms with Crippen molar-refractivity contribution in [2.45, 2.75) is 18.6 Å². The van der Waals surface area contributed by atoms with E-state index in [-0.39, 0.29) is 29.0 Å². The molecule has 0 saturated heterocycles. The van der Waals surface area contributed by atoms with E-state index in [1.807, 2.05) is 0 Å². The van der Waals surface area contributed by atoms with Gasteiger partial charge in [0.15, 0.2) is 5.69 Å². The lowest BCUT2D eigenvalue weighted by Gasteiger charge is -2.33. The number of H-pyrrole nitrogens is 1. The van der Waals surface area contributed by atoms with Gasteiger partial charge in [0.2, 0.25) is 11.7 Å². The summed E-state index contributed by atoms with van der Waals surface area (Å²) in [4.78, 5) is 29.6. The Balaban J connectivity index is 1.48. The minimum absolute atomic E-state index is 0.0230. The SMILES string of the molecule is O=C(c1oc(-c2ccccn2)nc1C(F)(F)F)N1CCc2[nH]cnc2[C@@H]1c1cc2c(F)cccc2o1. The molecule has 1 aromatic carbocycles. The summed E-state index contributed by atoms with van der Waals surface area (Å²) >= 11 is 0. The predicted octanol–water partition coefficient (Wildman–Crippen LogP) is 5.15. The van der Waals surface area contributed by atoms with Crippen LogP contribution in [0.15, 0.2) is 63.8 Å². The van der Waals surface area contributed by atoms with Crippen LogP contribution in [0.1, 0.15) is 39.4 Å². The summed E-state index contributed by atoms with van der Waals surface area (Å²) in [6.45, 7) is 0.0230. The van der Waals surface area contributed by atoms with Gasteiger partial charge in [0.05, 0.1) is 17.4 Å². The summed E-state index contributed by atoms with van der Waals surface area (Å²) in [6, 6.07) is 9.24. The number of alkyl halides is 3. The molecule has 5 aromatic rings. The maximum atomic E-state index is 14.4. The van der Waals surface area contributed by atoms with Gasteiger partial charge in [-0.1, -0.05) is 12.1 Å². The number of amides is 1. The first-order chi connectivity index (χ1) is 17.3. The van der Waals surface area contributed by atoms with Crippen molar-refractivity contribution in [2.24, 2.45) is 0 Å². The second-order valence-electron chi connectivity index (χ2n) is 8.13. The molecule has 1 aliphatic heterocycles. The number of pyridine rings is 1. The van der Waals surface area contributed by atoms with Gasteiger partial charge < -0.3 is 18.7 Å². The van der Waals surface area contributed by atoms with Gasteiger partial charge >= 0.3 is 6.18 Å². The summed E-state index contributed by atoms with van der Waals surface area (Å²) in [5.74, 6) is -2.86. The molecule has 0 spiro atoms. The Bertz CT molecular complexity index is 1590. The second kappa shape index (κ2) is 8.04. The highest BCUT2D eigenvalue weighted by molar-refractivity contribution is 5.94. The molecule has 1 N–H and O–H groups in total. The molecule has 5 heterocycles. The molecule has 0 bridgehead atoms. The molecule has 1 aliphatic rings. The van der Waals surface area contributed by atoms with Gasteiger partial charge in [0.25, 0.3) is 5.91 Å². The number of rotatable bonds is 3. The van der Waals surface area contributed by atoms with E-state index in [1.165, 1.54) is 36.8 Å². The monoisotopic (exact) mass is 497 g/mol. The molecule has 0 aliphatic carbocycles. The van der Waals surface area contributed by atoms with Crippen LogP contribution in [0.3, 0.4) is 0 Å². The maximum absolute atomic E-state index is 14.4. The number of benzene rings is 1. The Labute approximate surface area is 199 Å². The zero-order chi connectivity index (χ0) is 25.0. The van der Waals surface area contributed by atoms with E-state index in [9.17, 15) is 22.4 Å². The summed E-state index contributed by atoms with van der Waals surface area (Å²) < 4.78 is 67.3. The van der Waals surface area contributed by atoms with Crippen LogP contribution >= 0.6 is 0 Å². The minimum Gasteiger partial charge on any atom is -0.458 e. The number of aromatic amines is 1. The van der Waals surface area contributed by atoms with Crippen molar-refractivity contribution >= 4 is 16.9 Å². The number of carbonyl (C=O) groups is 1. The van der Waals surface area contributed by atoms with Crippen molar-refractivity contribution < 1.29 is 31.2 Å². The number of nitrogens with one attached hydrogen (secondary N) is 1. The average molecular weight is 497 g/mol. The van der Waals surface area contributed by atoms with Crippen LogP contribution in [-0.4, -0.2) is 37.3 Å². The molecule has 1 atom stereocenters. The predicted molar refractivity (Wildman–Crippen MR) is 116 cm³/mol. The third-order valence-corrected chi connectivity index (χ3v) is 5.96. The van der Waals surface area contributed by atoms with Crippen molar-refractivity contribution in [2.75, 3.05) is 6.54 Å². The van der Waals surface area contributed by atoms with Crippen LogP contribution < -0.4 is 0 Å². The molecular formula is C24H15F4N5O3. The number of furan rings is 1. The first kappa shape index (κ1) is 22.0. The number of halogens is 4. The Morgan fingerprint density at radius 3 is 2.72 bits per heavy atom. The first-order valence-corrected chi connectivity index (χ1v) is 10.8. The Kier molecular flexibility index (Phi) is 4.92. The molecule has 36 heavy (non-hydrogen) atoms. The number of imidazole rings is 1. The van der Waals surface area contributed by atoms with Crippen LogP contribution in [0.5, 0.6) is 0 Å². The normalized spacial score (nSPS) is 15.9. The summed E-state index contributed by atoms with van der Waals surface area (Å²) in [5, 5.41) is 0.177. The van der Waals surface area contributed by atoms with Crippen molar-refractivity contribution in [1.29, 1.82) is 0 Å². The van der Waals surface area contributed by atoms with Gasteiger partial charge in [-0.05, 0) is 30.3 Å². The largest absolute Gasteiger partial charge is 0.458 e. The lowest BCUT2D eigenvalue weighted by Crippen LogP contribution is -2.41. The number of aromatic nitrogens is 4. The fourth-order valence-electron chi connectivity index (χ4n) is 4.35. The molecule has 182 valence electrons. The fourth-order valence-corrected chi connectivity index (χ4v) is 4.35. The topological polar surface area (TPSA) is 101 Å². The molecule has 4 aromatic heterocycles. The maximum Gasteiger partial charge on any atom is 0.437 e. The molecule has 0 unspecified atom stereocenters. The van der Waals surface area contributed by atoms with Crippen molar-refractivity contribution in [3.63, 3.8) is 0 Å². The minimum atomic E-state index is -4.97. The van der Waals surface area contributed by atoms with Gasteiger partial charge in [-0.2, -0.15) is 13.2 Å². The Morgan fingerprint density at radius 1 is 1.11 bits per heavy atom. The van der Waals surface area contributed by atoms with Gasteiger partial charge in [-0.3, -0.25) is 9.78 Å². The van der Waals surface area contributed by atoms with Crippen molar-refractivity contribution in [1.82, 2.24) is 24.8 Å². The van der Waals surface area contributed by atoms with E-state index >= 15 is 0 Å². The number of carbonyl (C=O) groups excluding carboxylic acids is 1. The highest BCUT2D eigenvalue weighted by atomic mass is 19.4. The zero-order valence-electron chi connectivity index (χ0n) is 18.2. The van der Waals surface area contributed by atoms with E-state index in [0.29, 0.717) is 17.8 Å². The highest BCUT2D eigenvalue weighted by Gasteiger charge is 2.45. The van der Waals surface area contributed by atoms with E-state index in [0.717, 1.165) is 4.90 Å². The van der Waals surface area contributed by atoms with Gasteiger partial charge in [-0.25, -0.2) is 14.4 Å². The average Bonchev–Trinajstić information content (AvgIpc) is 3.61. The number of fused-ring (bicyclic) bond motifs is 2. The quantitative estimate of drug-likeness (QED) is 0.346. The summed E-state index contributed by atoms with van der Waals surface area (Å²) in [7, 11) is 0. The van der Waals surface area contributed by atoms with Crippen LogP contribution in [0.2, 0.25) is 0 Å². The lowest BCUT2D eigenvalue weighted by atomic mass is 9.99. The molecular weight excluding hydrogens is 482 g/mol. The molecule has 8 nitrogen and oxygen atoms in total. The van der Waals surface area contributed by atoms with Crippen molar-refractivity contribution in [3.05, 3.63) is 89.4 Å². The third kappa shape index (κ3) is 3.53. The zero-order valence-corrected chi connectivity index (χ0v) is 18.2. The van der Waals surface area contributed by atoms with E-state index < -0.39 is 41.3 Å². The van der Waals surface area contributed by atoms with E-state index in [1.54, 1.807) is 18.2 Å². The molecule has 0 saturated carbocycles. The molecule has 12 heteroatoms. The lowest BCUT2D eigenvalue weighted by molar-refractivity contribution is -0.141. The number of oxazole rings is 1. The van der Waals surface area contributed by atoms with Crippen LogP contribution in [0.4, 0.5) is 17.6 Å². The molecule has 1 amide bonds. The van der Waals surface area contributed by atoms with Crippen LogP contribution in [0, 0.1) is 5.82 Å². The first-order valence-electron chi connectivity index (χ1n) is 10.8. The third-order valence-electron chi connectivity index (χ3n) is 5.96. The van der Waals surface area contributed by atoms with Gasteiger partial charge in [-0.15, -0.1) is 0 Å². The van der Waals surface area contributed by atoms with Crippen LogP contribution in [0.25, 0.3) is 22.6 Å². The number of hydrogen-bond donors (Lipinski definition) is 1. The number of hydrogen-bond acceptors (Lipinski definition) is 6. The number of nitrogens with zero attached hydrogens (tertiary/aromatic N) is 4. The summed E-state index contributed by atoms with van der Waals surface area (Å²) in [6.07, 6.45) is -1.88. The van der Waals surface area contributed by atoms with Crippen molar-refractivity contribution in [3.8, 4) is 11.6 Å². The second-order valence-corrected chi connectivity index (χ2v) is 8.13. The smallest absolute Gasteiger partial charge is 0.437 e. The van der Waals surface area contributed by atoms with E-state index in [4.69, 9.17) is 8.83 Å². The van der Waals surface area contributed by atoms with Gasteiger partial charge in [0, 0.05) is 24.9 Å². The van der Waals surface area contributed by atoms with Crippen LogP contribution in [-0.2, 0) is 12.6 Å². The fraction of sp³-hybridized carbons (Fsp3) is 0.167. The Hall–Kier alpha value is -4.48. The Morgan fingerprint density at radius 2 is 1.97 bits per heavy atom. The highest BCUT2D eigenvalue weighted by Crippen LogP contribution is 2.40. The van der Waals surface area contributed by atoms with Gasteiger partial charge in [0.1, 0.15) is 28.9 Å². The standard InChI is InChI=1S/C24H15F4N5O3/c25-13-4-3-6-16-12(13)10-17(35-16)19-18-14(30-11-31-18)7-9-33(19)23(34)20-21(24(26,27)28)32-22(36-20)15-5-1-2-8-29-15/h1-6,8,10-11,19H,7,9H2,(H,30,31)/t19-/m0/s1. The molecule has 0 radical (unpaired) electrons.